The molecular formula is C24H22Cl4N4. The summed E-state index contributed by atoms with van der Waals surface area (Å²) in [5.74, 6) is 0. The van der Waals surface area contributed by atoms with Gasteiger partial charge < -0.3 is 22.5 Å². The summed E-state index contributed by atoms with van der Waals surface area (Å²) in [5.41, 5.74) is 19.6. The fourth-order valence-electron chi connectivity index (χ4n) is 3.72. The van der Waals surface area contributed by atoms with Gasteiger partial charge in [-0.15, -0.1) is 0 Å². The molecule has 0 aliphatic heterocycles. The van der Waals surface area contributed by atoms with Crippen molar-refractivity contribution in [3.05, 3.63) is 108 Å². The molecular weight excluding hydrogens is 486 g/mol. The molecule has 0 spiro atoms. The van der Waals surface area contributed by atoms with Gasteiger partial charge >= 0.3 is 0 Å². The summed E-state index contributed by atoms with van der Waals surface area (Å²) in [6.07, 6.45) is 8.48. The van der Waals surface area contributed by atoms with Crippen molar-refractivity contribution < 1.29 is 0 Å². The molecule has 1 atom stereocenters. The first kappa shape index (κ1) is 23.4. The van der Waals surface area contributed by atoms with Crippen LogP contribution in [0.3, 0.4) is 0 Å². The maximum atomic E-state index is 7.07. The SMILES string of the molecule is NC1(N)C=CC(C2=C(c3ccccc3)C(Cl)(Cl)C(N)(Nc3ccccc3)C=C2)=CC1(Cl)Cl. The third-order valence-electron chi connectivity index (χ3n) is 5.57. The maximum Gasteiger partial charge on any atom is 0.183 e. The van der Waals surface area contributed by atoms with E-state index in [1.807, 2.05) is 66.7 Å². The molecule has 0 bridgehead atoms. The molecule has 2 aliphatic carbocycles. The predicted octanol–water partition coefficient (Wildman–Crippen LogP) is 5.23. The van der Waals surface area contributed by atoms with Gasteiger partial charge in [-0.1, -0.05) is 107 Å². The number of allylic oxidation sites excluding steroid dienone is 4. The lowest BCUT2D eigenvalue weighted by Crippen LogP contribution is -2.61. The fraction of sp³-hybridized carbons (Fsp3) is 0.167. The summed E-state index contributed by atoms with van der Waals surface area (Å²) in [4.78, 5) is 0. The van der Waals surface area contributed by atoms with E-state index in [4.69, 9.17) is 63.6 Å². The molecule has 0 heterocycles. The van der Waals surface area contributed by atoms with Crippen molar-refractivity contribution in [2.75, 3.05) is 5.32 Å². The molecule has 2 aromatic carbocycles. The van der Waals surface area contributed by atoms with Gasteiger partial charge in [-0.05, 0) is 47.1 Å². The number of rotatable bonds is 4. The molecule has 7 N–H and O–H groups in total. The smallest absolute Gasteiger partial charge is 0.183 e. The summed E-state index contributed by atoms with van der Waals surface area (Å²) in [7, 11) is 0. The van der Waals surface area contributed by atoms with Gasteiger partial charge in [0.2, 0.25) is 0 Å². The minimum Gasteiger partial charge on any atom is -0.361 e. The Bertz CT molecular complexity index is 1140. The van der Waals surface area contributed by atoms with Gasteiger partial charge in [0.15, 0.2) is 8.67 Å². The van der Waals surface area contributed by atoms with Gasteiger partial charge in [0.05, 0.1) is 0 Å². The van der Waals surface area contributed by atoms with Crippen LogP contribution in [-0.4, -0.2) is 20.0 Å². The minimum atomic E-state index is -1.58. The first-order valence-electron chi connectivity index (χ1n) is 9.84. The number of hydrogen-bond acceptors (Lipinski definition) is 4. The van der Waals surface area contributed by atoms with E-state index in [0.717, 1.165) is 11.3 Å². The lowest BCUT2D eigenvalue weighted by atomic mass is 9.80. The van der Waals surface area contributed by atoms with Crippen LogP contribution in [0.25, 0.3) is 5.57 Å². The van der Waals surface area contributed by atoms with E-state index in [1.165, 1.54) is 0 Å². The molecule has 0 amide bonds. The quantitative estimate of drug-likeness (QED) is 0.336. The van der Waals surface area contributed by atoms with Crippen molar-refractivity contribution >= 4 is 57.7 Å². The largest absolute Gasteiger partial charge is 0.361 e. The zero-order valence-electron chi connectivity index (χ0n) is 16.9. The number of halogens is 4. The van der Waals surface area contributed by atoms with Crippen LogP contribution in [0.15, 0.2) is 102 Å². The molecule has 2 aliphatic rings. The molecule has 8 heteroatoms. The third kappa shape index (κ3) is 4.02. The normalized spacial score (nSPS) is 25.4. The molecule has 4 rings (SSSR count). The molecule has 166 valence electrons. The van der Waals surface area contributed by atoms with E-state index in [1.54, 1.807) is 24.3 Å². The van der Waals surface area contributed by atoms with E-state index < -0.39 is 20.0 Å². The fourth-order valence-corrected chi connectivity index (χ4v) is 4.72. The van der Waals surface area contributed by atoms with Crippen molar-refractivity contribution in [2.45, 2.75) is 20.0 Å². The molecule has 0 saturated carbocycles. The first-order valence-corrected chi connectivity index (χ1v) is 11.4. The number of anilines is 1. The lowest BCUT2D eigenvalue weighted by molar-refractivity contribution is 0.527. The van der Waals surface area contributed by atoms with Gasteiger partial charge in [0.25, 0.3) is 0 Å². The molecule has 0 aromatic heterocycles. The highest BCUT2D eigenvalue weighted by Crippen LogP contribution is 2.52. The Kier molecular flexibility index (Phi) is 6.02. The molecule has 0 fully saturated rings. The molecule has 1 unspecified atom stereocenters. The molecule has 2 aromatic rings. The number of para-hydroxylation sites is 1. The Labute approximate surface area is 207 Å². The molecule has 0 radical (unpaired) electrons. The van der Waals surface area contributed by atoms with E-state index in [9.17, 15) is 0 Å². The van der Waals surface area contributed by atoms with E-state index in [2.05, 4.69) is 5.32 Å². The van der Waals surface area contributed by atoms with Crippen molar-refractivity contribution in [1.82, 2.24) is 0 Å². The number of nitrogens with one attached hydrogen (secondary N) is 1. The van der Waals surface area contributed by atoms with Gasteiger partial charge in [0.1, 0.15) is 11.3 Å². The maximum absolute atomic E-state index is 7.07. The number of benzene rings is 2. The summed E-state index contributed by atoms with van der Waals surface area (Å²) < 4.78 is -3.12. The summed E-state index contributed by atoms with van der Waals surface area (Å²) >= 11 is 27.0. The minimum absolute atomic E-state index is 0.594. The molecule has 32 heavy (non-hydrogen) atoms. The average molecular weight is 508 g/mol. The van der Waals surface area contributed by atoms with Gasteiger partial charge in [-0.25, -0.2) is 0 Å². The van der Waals surface area contributed by atoms with Crippen molar-refractivity contribution in [3.63, 3.8) is 0 Å². The lowest BCUT2D eigenvalue weighted by Gasteiger charge is -2.44. The Balaban J connectivity index is 1.89. The Hall–Kier alpha value is -1.76. The second kappa shape index (κ2) is 8.23. The topological polar surface area (TPSA) is 90.1 Å². The van der Waals surface area contributed by atoms with Crippen LogP contribution in [0.1, 0.15) is 5.56 Å². The molecule has 4 nitrogen and oxygen atoms in total. The Morgan fingerprint density at radius 1 is 0.719 bits per heavy atom. The van der Waals surface area contributed by atoms with Crippen LogP contribution < -0.4 is 22.5 Å². The van der Waals surface area contributed by atoms with Crippen molar-refractivity contribution in [3.8, 4) is 0 Å². The van der Waals surface area contributed by atoms with Gasteiger partial charge in [-0.2, -0.15) is 0 Å². The highest BCUT2D eigenvalue weighted by molar-refractivity contribution is 6.56. The van der Waals surface area contributed by atoms with E-state index in [0.29, 0.717) is 16.7 Å². The summed E-state index contributed by atoms with van der Waals surface area (Å²) in [6, 6.07) is 19.0. The van der Waals surface area contributed by atoms with Crippen LogP contribution in [0, 0.1) is 0 Å². The Morgan fingerprint density at radius 2 is 1.31 bits per heavy atom. The zero-order chi connectivity index (χ0) is 23.2. The standard InChI is InChI=1S/C24H22Cl4N4/c25-21(26)15-17(11-13-22(21,29)30)19-12-14-23(31,32-18-9-5-2-6-10-18)24(27,28)20(19)16-7-3-1-4-8-16/h1-15,32H,29-31H2. The monoisotopic (exact) mass is 506 g/mol. The van der Waals surface area contributed by atoms with Crippen LogP contribution >= 0.6 is 46.4 Å². The highest BCUT2D eigenvalue weighted by atomic mass is 35.5. The summed E-state index contributed by atoms with van der Waals surface area (Å²) in [6.45, 7) is 0. The average Bonchev–Trinajstić information content (AvgIpc) is 2.73. The van der Waals surface area contributed by atoms with Gasteiger partial charge in [-0.3, -0.25) is 0 Å². The van der Waals surface area contributed by atoms with Crippen LogP contribution in [0.5, 0.6) is 0 Å². The number of hydrogen-bond donors (Lipinski definition) is 4. The third-order valence-corrected chi connectivity index (χ3v) is 7.44. The highest BCUT2D eigenvalue weighted by Gasteiger charge is 2.52. The second-order valence-corrected chi connectivity index (χ2v) is 10.6. The predicted molar refractivity (Wildman–Crippen MR) is 137 cm³/mol. The van der Waals surface area contributed by atoms with Crippen LogP contribution in [-0.2, 0) is 0 Å². The first-order chi connectivity index (χ1) is 15.0. The summed E-state index contributed by atoms with van der Waals surface area (Å²) in [5, 5.41) is 3.26. The van der Waals surface area contributed by atoms with Gasteiger partial charge in [0, 0.05) is 11.3 Å². The van der Waals surface area contributed by atoms with E-state index >= 15 is 0 Å². The van der Waals surface area contributed by atoms with Crippen LogP contribution in [0.2, 0.25) is 0 Å². The van der Waals surface area contributed by atoms with Crippen molar-refractivity contribution in [2.24, 2.45) is 17.2 Å². The van der Waals surface area contributed by atoms with E-state index in [-0.39, 0.29) is 0 Å². The second-order valence-electron chi connectivity index (χ2n) is 7.91. The number of nitrogens with two attached hydrogens (primary N) is 3. The zero-order valence-corrected chi connectivity index (χ0v) is 19.9. The number of alkyl halides is 4. The van der Waals surface area contributed by atoms with Crippen molar-refractivity contribution in [1.29, 1.82) is 0 Å². The van der Waals surface area contributed by atoms with Crippen LogP contribution in [0.4, 0.5) is 5.69 Å². The Morgan fingerprint density at radius 3 is 1.91 bits per heavy atom. The molecule has 0 saturated heterocycles.